The summed E-state index contributed by atoms with van der Waals surface area (Å²) in [4.78, 5) is 47.6. The summed E-state index contributed by atoms with van der Waals surface area (Å²) >= 11 is 6.11. The number of amides is 3. The van der Waals surface area contributed by atoms with E-state index in [-0.39, 0.29) is 36.8 Å². The fraction of sp³-hybridized carbons (Fsp3) is 0.567. The minimum absolute atomic E-state index is 0.128. The van der Waals surface area contributed by atoms with Crippen LogP contribution in [0.3, 0.4) is 0 Å². The maximum atomic E-state index is 14.5. The normalized spacial score (nSPS) is 27.9. The summed E-state index contributed by atoms with van der Waals surface area (Å²) in [5.74, 6) is -2.38. The monoisotopic (exact) mass is 557 g/mol. The zero-order valence-corrected chi connectivity index (χ0v) is 23.8. The van der Waals surface area contributed by atoms with Gasteiger partial charge < -0.3 is 24.5 Å². The van der Waals surface area contributed by atoms with E-state index in [1.165, 1.54) is 4.90 Å². The Hall–Kier alpha value is -2.68. The molecule has 0 aliphatic carbocycles. The molecule has 2 unspecified atom stereocenters. The molecule has 8 nitrogen and oxygen atoms in total. The summed E-state index contributed by atoms with van der Waals surface area (Å²) in [6, 6.07) is 5.31. The second kappa shape index (κ2) is 11.8. The lowest BCUT2D eigenvalue weighted by molar-refractivity contribution is -0.148. The van der Waals surface area contributed by atoms with Gasteiger partial charge in [-0.05, 0) is 49.4 Å². The van der Waals surface area contributed by atoms with Crippen LogP contribution < -0.4 is 4.90 Å². The van der Waals surface area contributed by atoms with Gasteiger partial charge >= 0.3 is 0 Å². The number of hydrogen-bond acceptors (Lipinski definition) is 5. The van der Waals surface area contributed by atoms with Crippen LogP contribution in [0, 0.1) is 17.8 Å². The zero-order valence-electron chi connectivity index (χ0n) is 23.1. The lowest BCUT2D eigenvalue weighted by atomic mass is 9.70. The Morgan fingerprint density at radius 1 is 1.21 bits per heavy atom. The first-order valence-electron chi connectivity index (χ1n) is 13.8. The second-order valence-corrected chi connectivity index (χ2v) is 11.5. The number of carbonyl (C=O) groups is 3. The third kappa shape index (κ3) is 4.92. The lowest BCUT2D eigenvalue weighted by Crippen LogP contribution is -2.59. The zero-order chi connectivity index (χ0) is 28.5. The smallest absolute Gasteiger partial charge is 0.253 e. The minimum atomic E-state index is -1.15. The first-order chi connectivity index (χ1) is 18.7. The molecule has 2 bridgehead atoms. The van der Waals surface area contributed by atoms with Crippen LogP contribution in [-0.4, -0.2) is 82.7 Å². The summed E-state index contributed by atoms with van der Waals surface area (Å²) in [6.45, 7) is 14.3. The van der Waals surface area contributed by atoms with Crippen LogP contribution in [0.4, 0.5) is 5.69 Å². The van der Waals surface area contributed by atoms with Gasteiger partial charge in [-0.2, -0.15) is 0 Å². The van der Waals surface area contributed by atoms with Crippen LogP contribution in [0.1, 0.15) is 40.0 Å². The molecular formula is C30H40ClN3O5. The van der Waals surface area contributed by atoms with E-state index in [9.17, 15) is 19.5 Å². The number of likely N-dealkylation sites (tertiary alicyclic amines) is 1. The summed E-state index contributed by atoms with van der Waals surface area (Å²) in [6.07, 6.45) is 4.71. The van der Waals surface area contributed by atoms with Gasteiger partial charge in [0.2, 0.25) is 11.8 Å². The number of nitrogens with zero attached hydrogens (tertiary/aromatic N) is 3. The molecule has 1 N–H and O–H groups in total. The molecule has 39 heavy (non-hydrogen) atoms. The number of carbonyl (C=O) groups excluding carboxylic acids is 3. The van der Waals surface area contributed by atoms with E-state index < -0.39 is 35.6 Å². The van der Waals surface area contributed by atoms with Gasteiger partial charge in [-0.3, -0.25) is 14.4 Å². The molecule has 1 aromatic carbocycles. The third-order valence-electron chi connectivity index (χ3n) is 8.44. The Morgan fingerprint density at radius 2 is 1.87 bits per heavy atom. The fourth-order valence-electron chi connectivity index (χ4n) is 6.78. The Bertz CT molecular complexity index is 1110. The maximum Gasteiger partial charge on any atom is 0.253 e. The third-order valence-corrected chi connectivity index (χ3v) is 8.69. The number of hydrogen-bond donors (Lipinski definition) is 1. The molecule has 3 aliphatic heterocycles. The van der Waals surface area contributed by atoms with Crippen LogP contribution in [0.15, 0.2) is 49.6 Å². The van der Waals surface area contributed by atoms with Crippen molar-refractivity contribution in [2.45, 2.75) is 63.8 Å². The van der Waals surface area contributed by atoms with Gasteiger partial charge in [0, 0.05) is 30.3 Å². The Morgan fingerprint density at radius 3 is 2.44 bits per heavy atom. The predicted octanol–water partition coefficient (Wildman–Crippen LogP) is 3.68. The molecule has 0 radical (unpaired) electrons. The molecule has 3 fully saturated rings. The van der Waals surface area contributed by atoms with Crippen LogP contribution in [-0.2, 0) is 19.1 Å². The second-order valence-electron chi connectivity index (χ2n) is 11.1. The van der Waals surface area contributed by atoms with Crippen molar-refractivity contribution >= 4 is 35.0 Å². The van der Waals surface area contributed by atoms with Crippen LogP contribution >= 0.6 is 11.6 Å². The molecule has 3 heterocycles. The van der Waals surface area contributed by atoms with Crippen LogP contribution in [0.2, 0.25) is 5.02 Å². The molecule has 4 rings (SSSR count). The van der Waals surface area contributed by atoms with E-state index in [0.29, 0.717) is 36.6 Å². The lowest BCUT2D eigenvalue weighted by Gasteiger charge is -2.40. The quantitative estimate of drug-likeness (QED) is 0.396. The molecule has 1 spiro atoms. The maximum absolute atomic E-state index is 14.5. The molecular weight excluding hydrogens is 518 g/mol. The molecule has 0 aromatic heterocycles. The van der Waals surface area contributed by atoms with Crippen molar-refractivity contribution in [3.05, 3.63) is 54.6 Å². The van der Waals surface area contributed by atoms with E-state index >= 15 is 0 Å². The Labute approximate surface area is 236 Å². The highest BCUT2D eigenvalue weighted by molar-refractivity contribution is 6.30. The van der Waals surface area contributed by atoms with Gasteiger partial charge in [0.15, 0.2) is 0 Å². The summed E-state index contributed by atoms with van der Waals surface area (Å²) in [5.41, 5.74) is -0.541. The van der Waals surface area contributed by atoms with Crippen LogP contribution in [0.5, 0.6) is 0 Å². The van der Waals surface area contributed by atoms with Gasteiger partial charge in [-0.25, -0.2) is 0 Å². The number of benzene rings is 1. The fourth-order valence-corrected chi connectivity index (χ4v) is 6.90. The molecule has 9 heteroatoms. The van der Waals surface area contributed by atoms with E-state index in [1.54, 1.807) is 46.2 Å². The number of anilines is 1. The molecule has 3 aliphatic rings. The Kier molecular flexibility index (Phi) is 8.88. The van der Waals surface area contributed by atoms with Gasteiger partial charge in [0.05, 0.1) is 30.6 Å². The molecule has 3 saturated heterocycles. The number of aliphatic hydroxyl groups is 1. The van der Waals surface area contributed by atoms with Crippen molar-refractivity contribution in [2.24, 2.45) is 17.8 Å². The van der Waals surface area contributed by atoms with Crippen molar-refractivity contribution in [1.29, 1.82) is 0 Å². The predicted molar refractivity (Wildman–Crippen MR) is 151 cm³/mol. The van der Waals surface area contributed by atoms with E-state index in [1.807, 2.05) is 20.8 Å². The number of ether oxygens (including phenoxy) is 1. The van der Waals surface area contributed by atoms with Gasteiger partial charge in [-0.1, -0.05) is 44.5 Å². The van der Waals surface area contributed by atoms with Crippen molar-refractivity contribution in [1.82, 2.24) is 9.80 Å². The first kappa shape index (κ1) is 29.3. The van der Waals surface area contributed by atoms with Crippen LogP contribution in [0.25, 0.3) is 0 Å². The van der Waals surface area contributed by atoms with Crippen molar-refractivity contribution < 1.29 is 24.2 Å². The molecule has 6 atom stereocenters. The summed E-state index contributed by atoms with van der Waals surface area (Å²) in [7, 11) is 0. The van der Waals surface area contributed by atoms with Gasteiger partial charge in [-0.15, -0.1) is 13.2 Å². The summed E-state index contributed by atoms with van der Waals surface area (Å²) in [5, 5.41) is 11.0. The number of halogens is 1. The van der Waals surface area contributed by atoms with Gasteiger partial charge in [0.25, 0.3) is 5.91 Å². The Balaban J connectivity index is 1.82. The highest BCUT2D eigenvalue weighted by Crippen LogP contribution is 2.59. The highest BCUT2D eigenvalue weighted by Gasteiger charge is 2.75. The number of fused-ring (bicyclic) bond motifs is 1. The van der Waals surface area contributed by atoms with Crippen molar-refractivity contribution in [3.63, 3.8) is 0 Å². The molecule has 0 saturated carbocycles. The van der Waals surface area contributed by atoms with E-state index in [0.717, 1.165) is 6.42 Å². The van der Waals surface area contributed by atoms with Crippen molar-refractivity contribution in [3.8, 4) is 0 Å². The standard InChI is InChI=1S/C30H40ClN3O5/c1-6-15-32(16-7-2)27(36)24-23-13-14-30(39-23)25(24)28(37)34(22(18-35)19(4)5)26(30)29(38)33(17-8-3)21-11-9-20(31)10-12-21/h6,8-12,19,22-26,35H,1,3,7,13-18H2,2,4-5H3/t22-,23-,24+,25-,26?,30?/m0/s1. The summed E-state index contributed by atoms with van der Waals surface area (Å²) < 4.78 is 6.60. The molecule has 3 amide bonds. The highest BCUT2D eigenvalue weighted by atomic mass is 35.5. The molecule has 212 valence electrons. The topological polar surface area (TPSA) is 90.4 Å². The number of aliphatic hydroxyl groups excluding tert-OH is 1. The minimum Gasteiger partial charge on any atom is -0.394 e. The van der Waals surface area contributed by atoms with Gasteiger partial charge in [0.1, 0.15) is 11.6 Å². The van der Waals surface area contributed by atoms with E-state index in [2.05, 4.69) is 13.2 Å². The largest absolute Gasteiger partial charge is 0.394 e. The first-order valence-corrected chi connectivity index (χ1v) is 14.2. The molecule has 1 aromatic rings. The van der Waals surface area contributed by atoms with E-state index in [4.69, 9.17) is 16.3 Å². The number of rotatable bonds is 12. The van der Waals surface area contributed by atoms with Crippen molar-refractivity contribution in [2.75, 3.05) is 31.1 Å². The SMILES string of the molecule is C=CCN(CCC)C(=O)[C@@H]1[C@@H]2CCC3(O2)C(C(=O)N(CC=C)c2ccc(Cl)cc2)N([C@@H](CO)C(C)C)C(=O)[C@H]13. The average Bonchev–Trinajstić information content (AvgIpc) is 3.55. The average molecular weight is 558 g/mol.